The zero-order valence-corrected chi connectivity index (χ0v) is 16.4. The number of allylic oxidation sites excluding steroid dienone is 1. The monoisotopic (exact) mass is 377 g/mol. The van der Waals surface area contributed by atoms with Gasteiger partial charge in [-0.15, -0.1) is 0 Å². The summed E-state index contributed by atoms with van der Waals surface area (Å²) in [5.41, 5.74) is 3.07. The lowest BCUT2D eigenvalue weighted by atomic mass is 10.2. The van der Waals surface area contributed by atoms with Crippen molar-refractivity contribution in [2.45, 2.75) is 13.5 Å². The van der Waals surface area contributed by atoms with E-state index in [0.717, 1.165) is 33.8 Å². The lowest BCUT2D eigenvalue weighted by Gasteiger charge is -2.15. The quantitative estimate of drug-likeness (QED) is 0.490. The second kappa shape index (κ2) is 8.59. The van der Waals surface area contributed by atoms with Gasteiger partial charge in [-0.25, -0.2) is 4.98 Å². The fourth-order valence-corrected chi connectivity index (χ4v) is 3.27. The number of nitrogens with one attached hydrogen (secondary N) is 1. The number of likely N-dealkylation sites (N-methyl/N-ethyl adjacent to an activating group) is 1. The summed E-state index contributed by atoms with van der Waals surface area (Å²) in [5, 5.41) is 20.3. The highest BCUT2D eigenvalue weighted by atomic mass is 16.5. The molecule has 0 spiro atoms. The second-order valence-electron chi connectivity index (χ2n) is 6.80. The molecule has 0 saturated heterocycles. The number of para-hydroxylation sites is 2. The zero-order valence-electron chi connectivity index (χ0n) is 16.4. The van der Waals surface area contributed by atoms with E-state index < -0.39 is 0 Å². The second-order valence-corrected chi connectivity index (χ2v) is 6.80. The van der Waals surface area contributed by atoms with Crippen molar-refractivity contribution in [2.75, 3.05) is 20.2 Å². The first-order valence-corrected chi connectivity index (χ1v) is 9.30. The molecule has 0 fully saturated rings. The number of aromatic nitrogens is 2. The average Bonchev–Trinajstić information content (AvgIpc) is 3.01. The van der Waals surface area contributed by atoms with E-state index in [1.165, 1.54) is 0 Å². The molecule has 0 aliphatic carbocycles. The zero-order chi connectivity index (χ0) is 20.1. The van der Waals surface area contributed by atoms with Crippen LogP contribution in [0.5, 0.6) is 5.75 Å². The van der Waals surface area contributed by atoms with Gasteiger partial charge in [0.25, 0.3) is 0 Å². The molecule has 144 valence electrons. The number of rotatable bonds is 7. The fourth-order valence-electron chi connectivity index (χ4n) is 3.27. The van der Waals surface area contributed by atoms with Gasteiger partial charge in [-0.1, -0.05) is 12.1 Å². The molecular weight excluding hydrogens is 352 g/mol. The molecule has 3 aromatic rings. The van der Waals surface area contributed by atoms with Gasteiger partial charge >= 0.3 is 0 Å². The van der Waals surface area contributed by atoms with Crippen molar-refractivity contribution in [2.24, 2.45) is 7.05 Å². The Kier molecular flexibility index (Phi) is 5.97. The van der Waals surface area contributed by atoms with Crippen molar-refractivity contribution >= 4 is 16.6 Å². The first-order chi connectivity index (χ1) is 13.5. The molecule has 0 amide bonds. The van der Waals surface area contributed by atoms with Gasteiger partial charge in [0.05, 0.1) is 24.7 Å². The van der Waals surface area contributed by atoms with E-state index in [0.29, 0.717) is 19.0 Å². The smallest absolute Gasteiger partial charge is 0.169 e. The van der Waals surface area contributed by atoms with Crippen LogP contribution in [0.1, 0.15) is 18.3 Å². The van der Waals surface area contributed by atoms with E-state index in [4.69, 9.17) is 4.74 Å². The van der Waals surface area contributed by atoms with Crippen LogP contribution in [0.3, 0.4) is 0 Å². The highest BCUT2D eigenvalue weighted by molar-refractivity contribution is 5.83. The SMILES string of the molecule is CCOc1ccc(C[NH+](C)C/C(O)=C(\C#N)c2nc3ccccc3n2C)cc1. The third-order valence-corrected chi connectivity index (χ3v) is 4.62. The molecule has 0 saturated carbocycles. The molecule has 0 aliphatic heterocycles. The number of hydrogen-bond acceptors (Lipinski definition) is 4. The predicted octanol–water partition coefficient (Wildman–Crippen LogP) is 2.48. The van der Waals surface area contributed by atoms with Crippen LogP contribution >= 0.6 is 0 Å². The molecule has 6 nitrogen and oxygen atoms in total. The minimum absolute atomic E-state index is 0.0457. The number of quaternary nitrogens is 1. The molecule has 1 aromatic heterocycles. The summed E-state index contributed by atoms with van der Waals surface area (Å²) in [5.74, 6) is 1.37. The van der Waals surface area contributed by atoms with Crippen LogP contribution in [0.25, 0.3) is 16.6 Å². The number of aryl methyl sites for hydroxylation is 1. The van der Waals surface area contributed by atoms with Gasteiger partial charge in [0.15, 0.2) is 11.6 Å². The minimum Gasteiger partial charge on any atom is -0.506 e. The lowest BCUT2D eigenvalue weighted by Crippen LogP contribution is -3.07. The summed E-state index contributed by atoms with van der Waals surface area (Å²) in [6.07, 6.45) is 0. The number of fused-ring (bicyclic) bond motifs is 1. The Labute approximate surface area is 164 Å². The van der Waals surface area contributed by atoms with Crippen LogP contribution < -0.4 is 9.64 Å². The molecule has 2 aromatic carbocycles. The molecule has 28 heavy (non-hydrogen) atoms. The van der Waals surface area contributed by atoms with E-state index in [1.54, 1.807) is 0 Å². The van der Waals surface area contributed by atoms with Crippen LogP contribution in [0.15, 0.2) is 54.3 Å². The van der Waals surface area contributed by atoms with Gasteiger partial charge in [-0.2, -0.15) is 5.26 Å². The van der Waals surface area contributed by atoms with Crippen LogP contribution in [-0.4, -0.2) is 34.9 Å². The highest BCUT2D eigenvalue weighted by Gasteiger charge is 2.18. The predicted molar refractivity (Wildman–Crippen MR) is 109 cm³/mol. The van der Waals surface area contributed by atoms with E-state index in [-0.39, 0.29) is 11.3 Å². The Balaban J connectivity index is 1.78. The molecule has 1 heterocycles. The van der Waals surface area contributed by atoms with Crippen LogP contribution in [0.2, 0.25) is 0 Å². The average molecular weight is 377 g/mol. The van der Waals surface area contributed by atoms with Gasteiger partial charge in [0, 0.05) is 12.6 Å². The van der Waals surface area contributed by atoms with Crippen molar-refractivity contribution in [3.63, 3.8) is 0 Å². The highest BCUT2D eigenvalue weighted by Crippen LogP contribution is 2.21. The third-order valence-electron chi connectivity index (χ3n) is 4.62. The van der Waals surface area contributed by atoms with Gasteiger partial charge in [-0.3, -0.25) is 0 Å². The third kappa shape index (κ3) is 4.16. The number of nitriles is 1. The van der Waals surface area contributed by atoms with Crippen molar-refractivity contribution in [3.05, 3.63) is 65.7 Å². The Bertz CT molecular complexity index is 1030. The lowest BCUT2D eigenvalue weighted by molar-refractivity contribution is -0.890. The number of imidazole rings is 1. The first kappa shape index (κ1) is 19.5. The maximum Gasteiger partial charge on any atom is 0.169 e. The number of hydrogen-bond donors (Lipinski definition) is 2. The maximum absolute atomic E-state index is 10.6. The minimum atomic E-state index is 0.0457. The van der Waals surface area contributed by atoms with Gasteiger partial charge in [-0.05, 0) is 43.3 Å². The Morgan fingerprint density at radius 3 is 2.57 bits per heavy atom. The summed E-state index contributed by atoms with van der Waals surface area (Å²) < 4.78 is 7.30. The summed E-state index contributed by atoms with van der Waals surface area (Å²) in [4.78, 5) is 5.59. The molecule has 2 N–H and O–H groups in total. The van der Waals surface area contributed by atoms with E-state index in [1.807, 2.05) is 74.1 Å². The van der Waals surface area contributed by atoms with Crippen molar-refractivity contribution < 1.29 is 14.7 Å². The summed E-state index contributed by atoms with van der Waals surface area (Å²) in [6, 6.07) is 17.7. The molecular formula is C22H25N4O2+. The fraction of sp³-hybridized carbons (Fsp3) is 0.273. The van der Waals surface area contributed by atoms with Crippen LogP contribution in [0, 0.1) is 11.3 Å². The molecule has 6 heteroatoms. The maximum atomic E-state index is 10.6. The van der Waals surface area contributed by atoms with Gasteiger partial charge in [0.2, 0.25) is 0 Å². The number of aliphatic hydroxyl groups is 1. The van der Waals surface area contributed by atoms with Crippen molar-refractivity contribution in [3.8, 4) is 11.8 Å². The number of aliphatic hydroxyl groups excluding tert-OH is 1. The molecule has 0 bridgehead atoms. The van der Waals surface area contributed by atoms with Gasteiger partial charge < -0.3 is 19.3 Å². The molecule has 0 aliphatic rings. The molecule has 1 atom stereocenters. The summed E-state index contributed by atoms with van der Waals surface area (Å²) >= 11 is 0. The van der Waals surface area contributed by atoms with Gasteiger partial charge in [0.1, 0.15) is 30.5 Å². The normalized spacial score (nSPS) is 13.1. The molecule has 3 rings (SSSR count). The number of benzene rings is 2. The number of nitrogens with zero attached hydrogens (tertiary/aromatic N) is 3. The van der Waals surface area contributed by atoms with E-state index in [9.17, 15) is 10.4 Å². The Morgan fingerprint density at radius 2 is 1.93 bits per heavy atom. The van der Waals surface area contributed by atoms with Crippen LogP contribution in [0.4, 0.5) is 0 Å². The number of ether oxygens (including phenoxy) is 1. The van der Waals surface area contributed by atoms with Crippen LogP contribution in [-0.2, 0) is 13.6 Å². The summed E-state index contributed by atoms with van der Waals surface area (Å²) in [7, 11) is 3.84. The first-order valence-electron chi connectivity index (χ1n) is 9.30. The van der Waals surface area contributed by atoms with E-state index in [2.05, 4.69) is 11.1 Å². The summed E-state index contributed by atoms with van der Waals surface area (Å²) in [6.45, 7) is 3.65. The largest absolute Gasteiger partial charge is 0.506 e. The van der Waals surface area contributed by atoms with E-state index >= 15 is 0 Å². The molecule has 0 radical (unpaired) electrons. The van der Waals surface area contributed by atoms with Crippen molar-refractivity contribution in [1.29, 1.82) is 5.26 Å². The Hall–Kier alpha value is -3.30. The topological polar surface area (TPSA) is 75.5 Å². The standard InChI is InChI=1S/C22H24N4O2/c1-4-28-17-11-9-16(10-12-17)14-25(2)15-21(27)18(13-23)22-24-19-7-5-6-8-20(19)26(22)3/h5-12,27H,4,14-15H2,1-3H3/p+1/b21-18-. The Morgan fingerprint density at radius 1 is 1.21 bits per heavy atom. The van der Waals surface area contributed by atoms with Crippen molar-refractivity contribution in [1.82, 2.24) is 9.55 Å². The molecule has 1 unspecified atom stereocenters.